The van der Waals surface area contributed by atoms with E-state index in [0.29, 0.717) is 35.6 Å². The van der Waals surface area contributed by atoms with Gasteiger partial charge in [0.1, 0.15) is 28.7 Å². The fraction of sp³-hybridized carbons (Fsp3) is 0.190. The molecule has 0 aliphatic carbocycles. The summed E-state index contributed by atoms with van der Waals surface area (Å²) >= 11 is 0. The number of rotatable bonds is 4. The molecule has 0 bridgehead atoms. The molecular weight excluding hydrogens is 438 g/mol. The Morgan fingerprint density at radius 2 is 1.59 bits per heavy atom. The predicted octanol–water partition coefficient (Wildman–Crippen LogP) is 2.60. The summed E-state index contributed by atoms with van der Waals surface area (Å²) < 4.78 is 55.9. The average molecular weight is 456 g/mol. The summed E-state index contributed by atoms with van der Waals surface area (Å²) in [7, 11) is -3.92. The largest absolute Gasteiger partial charge is 0.353 e. The van der Waals surface area contributed by atoms with Gasteiger partial charge in [0, 0.05) is 26.2 Å². The van der Waals surface area contributed by atoms with Gasteiger partial charge in [-0.2, -0.15) is 9.40 Å². The van der Waals surface area contributed by atoms with Crippen LogP contribution in [0.4, 0.5) is 14.6 Å². The van der Waals surface area contributed by atoms with Gasteiger partial charge in [-0.1, -0.05) is 12.1 Å². The number of benzene rings is 2. The van der Waals surface area contributed by atoms with Gasteiger partial charge in [0.15, 0.2) is 5.65 Å². The minimum atomic E-state index is -3.92. The molecule has 32 heavy (non-hydrogen) atoms. The summed E-state index contributed by atoms with van der Waals surface area (Å²) in [6.07, 6.45) is 3.05. The first-order valence-electron chi connectivity index (χ1n) is 9.89. The van der Waals surface area contributed by atoms with Crippen molar-refractivity contribution < 1.29 is 17.2 Å². The fourth-order valence-electron chi connectivity index (χ4n) is 3.79. The third-order valence-electron chi connectivity index (χ3n) is 5.41. The number of nitrogens with zero attached hydrogens (tertiary/aromatic N) is 6. The normalized spacial score (nSPS) is 15.4. The summed E-state index contributed by atoms with van der Waals surface area (Å²) in [6.45, 7) is 1.13. The number of aromatic nitrogens is 4. The SMILES string of the molecule is O=S(=O)(c1ccccc1F)N1CCN(c2ncnc3c2cnn3-c2ccc(F)cc2)CC1. The highest BCUT2D eigenvalue weighted by Crippen LogP contribution is 2.27. The van der Waals surface area contributed by atoms with Crippen molar-refractivity contribution in [1.82, 2.24) is 24.1 Å². The van der Waals surface area contributed by atoms with Crippen LogP contribution in [-0.4, -0.2) is 58.7 Å². The molecule has 1 fully saturated rings. The van der Waals surface area contributed by atoms with E-state index in [4.69, 9.17) is 0 Å². The van der Waals surface area contributed by atoms with Gasteiger partial charge in [-0.25, -0.2) is 31.8 Å². The van der Waals surface area contributed by atoms with Crippen LogP contribution in [0.15, 0.2) is 66.0 Å². The van der Waals surface area contributed by atoms with Gasteiger partial charge in [0.2, 0.25) is 10.0 Å². The number of fused-ring (bicyclic) bond motifs is 1. The molecule has 0 unspecified atom stereocenters. The van der Waals surface area contributed by atoms with Crippen molar-refractivity contribution in [3.63, 3.8) is 0 Å². The molecular formula is C21H18F2N6O2S. The van der Waals surface area contributed by atoms with Crippen LogP contribution in [0, 0.1) is 11.6 Å². The molecule has 0 amide bonds. The zero-order chi connectivity index (χ0) is 22.3. The Morgan fingerprint density at radius 1 is 0.875 bits per heavy atom. The van der Waals surface area contributed by atoms with Crippen LogP contribution in [-0.2, 0) is 10.0 Å². The second kappa shape index (κ2) is 7.92. The van der Waals surface area contributed by atoms with Crippen molar-refractivity contribution >= 4 is 26.9 Å². The van der Waals surface area contributed by atoms with Crippen molar-refractivity contribution in [2.24, 2.45) is 0 Å². The first-order valence-corrected chi connectivity index (χ1v) is 11.3. The molecule has 0 saturated carbocycles. The molecule has 1 aliphatic heterocycles. The highest BCUT2D eigenvalue weighted by molar-refractivity contribution is 7.89. The standard InChI is InChI=1S/C21H18F2N6O2S/c22-15-5-7-16(8-6-15)29-21-17(13-26-29)20(24-14-25-21)27-9-11-28(12-10-27)32(30,31)19-4-2-1-3-18(19)23/h1-8,13-14H,9-12H2. The van der Waals surface area contributed by atoms with Crippen LogP contribution in [0.2, 0.25) is 0 Å². The minimum Gasteiger partial charge on any atom is -0.353 e. The van der Waals surface area contributed by atoms with Gasteiger partial charge >= 0.3 is 0 Å². The molecule has 11 heteroatoms. The van der Waals surface area contributed by atoms with Crippen molar-refractivity contribution in [2.75, 3.05) is 31.1 Å². The number of anilines is 1. The van der Waals surface area contributed by atoms with Crippen LogP contribution in [0.3, 0.4) is 0 Å². The predicted molar refractivity (Wildman–Crippen MR) is 114 cm³/mol. The van der Waals surface area contributed by atoms with Gasteiger partial charge in [0.25, 0.3) is 0 Å². The van der Waals surface area contributed by atoms with Crippen LogP contribution < -0.4 is 4.90 Å². The van der Waals surface area contributed by atoms with Crippen LogP contribution >= 0.6 is 0 Å². The molecule has 4 aromatic rings. The van der Waals surface area contributed by atoms with Gasteiger partial charge < -0.3 is 4.90 Å². The van der Waals surface area contributed by atoms with E-state index in [1.165, 1.54) is 41.0 Å². The molecule has 0 N–H and O–H groups in total. The second-order valence-electron chi connectivity index (χ2n) is 7.29. The highest BCUT2D eigenvalue weighted by Gasteiger charge is 2.31. The Labute approximate surface area is 182 Å². The summed E-state index contributed by atoms with van der Waals surface area (Å²) in [6, 6.07) is 11.3. The Bertz CT molecular complexity index is 1380. The number of piperazine rings is 1. The third kappa shape index (κ3) is 3.49. The Hall–Kier alpha value is -3.44. The van der Waals surface area contributed by atoms with E-state index >= 15 is 0 Å². The molecule has 2 aromatic heterocycles. The second-order valence-corrected chi connectivity index (χ2v) is 9.20. The van der Waals surface area contributed by atoms with Crippen LogP contribution in [0.1, 0.15) is 0 Å². The zero-order valence-corrected chi connectivity index (χ0v) is 17.6. The van der Waals surface area contributed by atoms with E-state index < -0.39 is 15.8 Å². The lowest BCUT2D eigenvalue weighted by atomic mass is 10.3. The lowest BCUT2D eigenvalue weighted by molar-refractivity contribution is 0.381. The van der Waals surface area contributed by atoms with Crippen molar-refractivity contribution in [3.05, 3.63) is 72.7 Å². The zero-order valence-electron chi connectivity index (χ0n) is 16.8. The van der Waals surface area contributed by atoms with Gasteiger partial charge in [-0.05, 0) is 36.4 Å². The number of sulfonamides is 1. The lowest BCUT2D eigenvalue weighted by Crippen LogP contribution is -2.49. The summed E-state index contributed by atoms with van der Waals surface area (Å²) in [4.78, 5) is 10.3. The quantitative estimate of drug-likeness (QED) is 0.470. The molecule has 1 aliphatic rings. The van der Waals surface area contributed by atoms with Crippen LogP contribution in [0.25, 0.3) is 16.7 Å². The Morgan fingerprint density at radius 3 is 2.31 bits per heavy atom. The van der Waals surface area contributed by atoms with Crippen molar-refractivity contribution in [2.45, 2.75) is 4.90 Å². The average Bonchev–Trinajstić information content (AvgIpc) is 3.24. The van der Waals surface area contributed by atoms with E-state index in [1.54, 1.807) is 23.0 Å². The molecule has 0 radical (unpaired) electrons. The van der Waals surface area contributed by atoms with Crippen molar-refractivity contribution in [3.8, 4) is 5.69 Å². The number of halogens is 2. The van der Waals surface area contributed by atoms with E-state index in [1.807, 2.05) is 4.90 Å². The van der Waals surface area contributed by atoms with E-state index in [0.717, 1.165) is 6.07 Å². The molecule has 3 heterocycles. The van der Waals surface area contributed by atoms with E-state index in [2.05, 4.69) is 15.1 Å². The van der Waals surface area contributed by atoms with Gasteiger partial charge in [-0.15, -0.1) is 0 Å². The molecule has 1 saturated heterocycles. The van der Waals surface area contributed by atoms with Gasteiger partial charge in [0.05, 0.1) is 17.3 Å². The molecule has 0 spiro atoms. The maximum Gasteiger partial charge on any atom is 0.246 e. The first-order chi connectivity index (χ1) is 15.4. The summed E-state index contributed by atoms with van der Waals surface area (Å²) in [5, 5.41) is 5.07. The number of hydrogen-bond acceptors (Lipinski definition) is 6. The maximum atomic E-state index is 14.1. The molecule has 2 aromatic carbocycles. The van der Waals surface area contributed by atoms with Crippen molar-refractivity contribution in [1.29, 1.82) is 0 Å². The summed E-state index contributed by atoms with van der Waals surface area (Å²) in [5.74, 6) is -0.476. The summed E-state index contributed by atoms with van der Waals surface area (Å²) in [5.41, 5.74) is 1.22. The number of hydrogen-bond donors (Lipinski definition) is 0. The van der Waals surface area contributed by atoms with Crippen LogP contribution in [0.5, 0.6) is 0 Å². The van der Waals surface area contributed by atoms with Gasteiger partial charge in [-0.3, -0.25) is 0 Å². The Kier molecular flexibility index (Phi) is 5.06. The third-order valence-corrected chi connectivity index (χ3v) is 7.34. The fourth-order valence-corrected chi connectivity index (χ4v) is 5.28. The lowest BCUT2D eigenvalue weighted by Gasteiger charge is -2.34. The topological polar surface area (TPSA) is 84.2 Å². The maximum absolute atomic E-state index is 14.1. The molecule has 0 atom stereocenters. The molecule has 5 rings (SSSR count). The highest BCUT2D eigenvalue weighted by atomic mass is 32.2. The Balaban J connectivity index is 1.40. The molecule has 8 nitrogen and oxygen atoms in total. The first kappa shape index (κ1) is 20.5. The molecule has 164 valence electrons. The monoisotopic (exact) mass is 456 g/mol. The van der Waals surface area contributed by atoms with E-state index in [-0.39, 0.29) is 23.8 Å². The smallest absolute Gasteiger partial charge is 0.246 e. The minimum absolute atomic E-state index is 0.189. The van der Waals surface area contributed by atoms with E-state index in [9.17, 15) is 17.2 Å².